The predicted molar refractivity (Wildman–Crippen MR) is 81.9 cm³/mol. The summed E-state index contributed by atoms with van der Waals surface area (Å²) in [6, 6.07) is 10.3. The number of rotatable bonds is 5. The van der Waals surface area contributed by atoms with E-state index in [1.807, 2.05) is 42.1 Å². The molecule has 2 aromatic heterocycles. The maximum Gasteiger partial charge on any atom is 0.181 e. The maximum atomic E-state index is 4.35. The van der Waals surface area contributed by atoms with Crippen LogP contribution in [0.3, 0.4) is 0 Å². The molecule has 2 heterocycles. The lowest BCUT2D eigenvalue weighted by atomic mass is 10.2. The topological polar surface area (TPSA) is 71.4 Å². The molecule has 0 aliphatic rings. The molecule has 1 atom stereocenters. The second-order valence-corrected chi connectivity index (χ2v) is 5.10. The molecule has 0 saturated heterocycles. The number of aryl methyl sites for hydroxylation is 1. The van der Waals surface area contributed by atoms with Gasteiger partial charge in [0.15, 0.2) is 5.82 Å². The van der Waals surface area contributed by atoms with Crippen molar-refractivity contribution in [3.63, 3.8) is 0 Å². The molecule has 21 heavy (non-hydrogen) atoms. The van der Waals surface area contributed by atoms with Crippen LogP contribution in [0.4, 0.5) is 5.69 Å². The van der Waals surface area contributed by atoms with E-state index in [2.05, 4.69) is 38.6 Å². The molecule has 0 fully saturated rings. The highest BCUT2D eigenvalue weighted by molar-refractivity contribution is 5.62. The Labute approximate surface area is 123 Å². The largest absolute Gasteiger partial charge is 0.381 e. The van der Waals surface area contributed by atoms with Crippen molar-refractivity contribution in [3.05, 3.63) is 48.5 Å². The van der Waals surface area contributed by atoms with E-state index < -0.39 is 0 Å². The molecule has 108 valence electrons. The number of nitrogens with zero attached hydrogens (tertiary/aromatic N) is 4. The van der Waals surface area contributed by atoms with Crippen LogP contribution in [0, 0.1) is 6.92 Å². The van der Waals surface area contributed by atoms with E-state index >= 15 is 0 Å². The van der Waals surface area contributed by atoms with Gasteiger partial charge in [-0.2, -0.15) is 10.2 Å². The molecule has 1 unspecified atom stereocenters. The van der Waals surface area contributed by atoms with E-state index in [0.717, 1.165) is 29.4 Å². The van der Waals surface area contributed by atoms with Gasteiger partial charge in [-0.3, -0.25) is 9.78 Å². The maximum absolute atomic E-state index is 4.35. The Hall–Kier alpha value is -2.63. The standard InChI is InChI=1S/C15H18N6/c1-11(10-21-8-4-7-16-21)17-14-6-3-5-13(9-14)15-18-12(2)19-20-15/h3-9,11,17H,10H2,1-2H3,(H,18,19,20). The lowest BCUT2D eigenvalue weighted by Gasteiger charge is -2.15. The summed E-state index contributed by atoms with van der Waals surface area (Å²) in [6.45, 7) is 4.84. The molecule has 0 bridgehead atoms. The molecule has 0 aliphatic carbocycles. The Morgan fingerprint density at radius 3 is 2.95 bits per heavy atom. The molecular formula is C15H18N6. The fraction of sp³-hybridized carbons (Fsp3) is 0.267. The number of anilines is 1. The van der Waals surface area contributed by atoms with Crippen LogP contribution in [0.2, 0.25) is 0 Å². The summed E-state index contributed by atoms with van der Waals surface area (Å²) in [6.07, 6.45) is 3.75. The molecule has 0 radical (unpaired) electrons. The summed E-state index contributed by atoms with van der Waals surface area (Å²) in [7, 11) is 0. The highest BCUT2D eigenvalue weighted by Crippen LogP contribution is 2.19. The lowest BCUT2D eigenvalue weighted by Crippen LogP contribution is -2.22. The van der Waals surface area contributed by atoms with Gasteiger partial charge in [0.25, 0.3) is 0 Å². The summed E-state index contributed by atoms with van der Waals surface area (Å²) in [5.74, 6) is 1.53. The van der Waals surface area contributed by atoms with Gasteiger partial charge in [-0.05, 0) is 32.0 Å². The number of hydrogen-bond acceptors (Lipinski definition) is 4. The first-order chi connectivity index (χ1) is 10.2. The van der Waals surface area contributed by atoms with E-state index in [0.29, 0.717) is 0 Å². The lowest BCUT2D eigenvalue weighted by molar-refractivity contribution is 0.561. The number of benzene rings is 1. The molecule has 0 amide bonds. The number of hydrogen-bond donors (Lipinski definition) is 2. The average Bonchev–Trinajstić information content (AvgIpc) is 3.10. The van der Waals surface area contributed by atoms with Crippen LogP contribution >= 0.6 is 0 Å². The van der Waals surface area contributed by atoms with E-state index in [1.54, 1.807) is 6.20 Å². The van der Waals surface area contributed by atoms with Gasteiger partial charge in [-0.25, -0.2) is 4.98 Å². The third kappa shape index (κ3) is 3.28. The van der Waals surface area contributed by atoms with Crippen LogP contribution in [-0.2, 0) is 6.54 Å². The van der Waals surface area contributed by atoms with Crippen molar-refractivity contribution in [1.82, 2.24) is 25.0 Å². The number of aromatic amines is 1. The zero-order chi connectivity index (χ0) is 14.7. The molecule has 6 heteroatoms. The number of nitrogens with one attached hydrogen (secondary N) is 2. The number of aromatic nitrogens is 5. The first kappa shape index (κ1) is 13.4. The Kier molecular flexibility index (Phi) is 3.68. The number of H-pyrrole nitrogens is 1. The molecule has 0 saturated carbocycles. The summed E-state index contributed by atoms with van der Waals surface area (Å²) < 4.78 is 1.92. The zero-order valence-electron chi connectivity index (χ0n) is 12.1. The average molecular weight is 282 g/mol. The minimum Gasteiger partial charge on any atom is -0.381 e. The monoisotopic (exact) mass is 282 g/mol. The van der Waals surface area contributed by atoms with E-state index in [-0.39, 0.29) is 6.04 Å². The van der Waals surface area contributed by atoms with Gasteiger partial charge in [0, 0.05) is 29.7 Å². The van der Waals surface area contributed by atoms with E-state index in [4.69, 9.17) is 0 Å². The van der Waals surface area contributed by atoms with Gasteiger partial charge in [0.05, 0.1) is 6.54 Å². The molecule has 1 aromatic carbocycles. The Morgan fingerprint density at radius 1 is 1.33 bits per heavy atom. The van der Waals surface area contributed by atoms with Crippen LogP contribution in [0.15, 0.2) is 42.7 Å². The Bertz CT molecular complexity index is 701. The first-order valence-electron chi connectivity index (χ1n) is 6.94. The van der Waals surface area contributed by atoms with Crippen molar-refractivity contribution < 1.29 is 0 Å². The molecular weight excluding hydrogens is 264 g/mol. The van der Waals surface area contributed by atoms with Crippen molar-refractivity contribution in [2.75, 3.05) is 5.32 Å². The van der Waals surface area contributed by atoms with Gasteiger partial charge in [0.1, 0.15) is 5.82 Å². The van der Waals surface area contributed by atoms with Gasteiger partial charge in [0.2, 0.25) is 0 Å². The van der Waals surface area contributed by atoms with Crippen LogP contribution in [0.1, 0.15) is 12.7 Å². The van der Waals surface area contributed by atoms with Crippen molar-refractivity contribution in [2.24, 2.45) is 0 Å². The first-order valence-corrected chi connectivity index (χ1v) is 6.94. The Morgan fingerprint density at radius 2 is 2.24 bits per heavy atom. The smallest absolute Gasteiger partial charge is 0.181 e. The highest BCUT2D eigenvalue weighted by atomic mass is 15.3. The summed E-state index contributed by atoms with van der Waals surface area (Å²) in [5, 5.41) is 14.7. The van der Waals surface area contributed by atoms with Gasteiger partial charge in [-0.1, -0.05) is 12.1 Å². The van der Waals surface area contributed by atoms with Gasteiger partial charge >= 0.3 is 0 Å². The minimum absolute atomic E-state index is 0.272. The summed E-state index contributed by atoms with van der Waals surface area (Å²) in [4.78, 5) is 4.35. The van der Waals surface area contributed by atoms with Crippen molar-refractivity contribution in [3.8, 4) is 11.4 Å². The van der Waals surface area contributed by atoms with E-state index in [1.165, 1.54) is 0 Å². The second-order valence-electron chi connectivity index (χ2n) is 5.10. The molecule has 0 aliphatic heterocycles. The SMILES string of the molecule is Cc1nc(-c2cccc(NC(C)Cn3cccn3)c2)n[nH]1. The summed E-state index contributed by atoms with van der Waals surface area (Å²) in [5.41, 5.74) is 2.05. The normalized spacial score (nSPS) is 12.3. The third-order valence-electron chi connectivity index (χ3n) is 3.15. The van der Waals surface area contributed by atoms with Crippen molar-refractivity contribution in [2.45, 2.75) is 26.4 Å². The summed E-state index contributed by atoms with van der Waals surface area (Å²) >= 11 is 0. The molecule has 6 nitrogen and oxygen atoms in total. The fourth-order valence-electron chi connectivity index (χ4n) is 2.24. The predicted octanol–water partition coefficient (Wildman–Crippen LogP) is 2.48. The van der Waals surface area contributed by atoms with Crippen LogP contribution in [0.25, 0.3) is 11.4 Å². The quantitative estimate of drug-likeness (QED) is 0.754. The molecule has 3 aromatic rings. The van der Waals surface area contributed by atoms with E-state index in [9.17, 15) is 0 Å². The van der Waals surface area contributed by atoms with Crippen LogP contribution in [0.5, 0.6) is 0 Å². The third-order valence-corrected chi connectivity index (χ3v) is 3.15. The molecule has 2 N–H and O–H groups in total. The molecule has 0 spiro atoms. The highest BCUT2D eigenvalue weighted by Gasteiger charge is 2.07. The molecule has 3 rings (SSSR count). The second kappa shape index (κ2) is 5.78. The fourth-order valence-corrected chi connectivity index (χ4v) is 2.24. The Balaban J connectivity index is 1.71. The van der Waals surface area contributed by atoms with Gasteiger partial charge < -0.3 is 5.32 Å². The van der Waals surface area contributed by atoms with Crippen LogP contribution < -0.4 is 5.32 Å². The minimum atomic E-state index is 0.272. The van der Waals surface area contributed by atoms with Gasteiger partial charge in [-0.15, -0.1) is 0 Å². The van der Waals surface area contributed by atoms with Crippen molar-refractivity contribution >= 4 is 5.69 Å². The van der Waals surface area contributed by atoms with Crippen LogP contribution in [-0.4, -0.2) is 31.0 Å². The van der Waals surface area contributed by atoms with Crippen molar-refractivity contribution in [1.29, 1.82) is 0 Å². The zero-order valence-corrected chi connectivity index (χ0v) is 12.1.